The Kier molecular flexibility index (Phi) is 7.69. The summed E-state index contributed by atoms with van der Waals surface area (Å²) in [4.78, 5) is 27.2. The summed E-state index contributed by atoms with van der Waals surface area (Å²) in [6.45, 7) is 6.88. The fourth-order valence-electron chi connectivity index (χ4n) is 2.27. The quantitative estimate of drug-likeness (QED) is 0.661. The first-order chi connectivity index (χ1) is 12.5. The number of nitrogens with zero attached hydrogens (tertiary/aromatic N) is 1. The molecule has 1 aromatic heterocycles. The molecule has 0 unspecified atom stereocenters. The van der Waals surface area contributed by atoms with Gasteiger partial charge in [-0.3, -0.25) is 9.59 Å². The normalized spacial score (nSPS) is 10.2. The Hall–Kier alpha value is -2.31. The first kappa shape index (κ1) is 20.0. The maximum Gasteiger partial charge on any atom is 0.251 e. The summed E-state index contributed by atoms with van der Waals surface area (Å²) < 4.78 is 6.02. The van der Waals surface area contributed by atoms with Crippen LogP contribution in [0.2, 0.25) is 4.34 Å². The number of hydrogen-bond donors (Lipinski definition) is 1. The van der Waals surface area contributed by atoms with Crippen molar-refractivity contribution >= 4 is 34.8 Å². The largest absolute Gasteiger partial charge is 0.494 e. The Balaban J connectivity index is 1.91. The number of carbonyl (C=O) groups excluding carboxylic acids is 2. The monoisotopic (exact) mass is 392 g/mol. The molecule has 0 radical (unpaired) electrons. The molecular weight excluding hydrogens is 372 g/mol. The summed E-state index contributed by atoms with van der Waals surface area (Å²) in [6, 6.07) is 10.5. The second-order valence-electron chi connectivity index (χ2n) is 5.41. The van der Waals surface area contributed by atoms with Crippen LogP contribution in [0.3, 0.4) is 0 Å². The number of nitrogens with one attached hydrogen (secondary N) is 1. The average molecular weight is 393 g/mol. The Morgan fingerprint density at radius 2 is 2.00 bits per heavy atom. The predicted molar refractivity (Wildman–Crippen MR) is 105 cm³/mol. The van der Waals surface area contributed by atoms with Crippen LogP contribution in [0, 0.1) is 0 Å². The number of benzene rings is 1. The minimum atomic E-state index is -0.306. The van der Waals surface area contributed by atoms with Crippen molar-refractivity contribution in [3.05, 3.63) is 63.8 Å². The van der Waals surface area contributed by atoms with Gasteiger partial charge in [0.15, 0.2) is 0 Å². The Bertz CT molecular complexity index is 758. The number of rotatable bonds is 9. The Morgan fingerprint density at radius 1 is 1.27 bits per heavy atom. The summed E-state index contributed by atoms with van der Waals surface area (Å²) in [5.74, 6) is 0.208. The van der Waals surface area contributed by atoms with Gasteiger partial charge in [-0.05, 0) is 43.3 Å². The van der Waals surface area contributed by atoms with E-state index in [4.69, 9.17) is 16.3 Å². The minimum Gasteiger partial charge on any atom is -0.494 e. The molecule has 1 aromatic carbocycles. The zero-order valence-corrected chi connectivity index (χ0v) is 16.1. The molecule has 0 aliphatic rings. The molecule has 0 atom stereocenters. The van der Waals surface area contributed by atoms with Crippen molar-refractivity contribution in [3.63, 3.8) is 0 Å². The maximum absolute atomic E-state index is 12.4. The van der Waals surface area contributed by atoms with Crippen molar-refractivity contribution in [1.29, 1.82) is 0 Å². The van der Waals surface area contributed by atoms with Crippen LogP contribution < -0.4 is 10.1 Å². The van der Waals surface area contributed by atoms with E-state index in [-0.39, 0.29) is 18.4 Å². The SMILES string of the molecule is C=CCN(Cc1ccc(Cl)s1)C(=O)CNC(=O)c1ccc(OCC)cc1. The number of hydrogen-bond acceptors (Lipinski definition) is 4. The number of amides is 2. The second-order valence-corrected chi connectivity index (χ2v) is 7.21. The average Bonchev–Trinajstić information content (AvgIpc) is 3.05. The minimum absolute atomic E-state index is 0.0843. The van der Waals surface area contributed by atoms with Crippen molar-refractivity contribution in [3.8, 4) is 5.75 Å². The third-order valence-corrected chi connectivity index (χ3v) is 4.72. The van der Waals surface area contributed by atoms with Crippen molar-refractivity contribution < 1.29 is 14.3 Å². The van der Waals surface area contributed by atoms with Gasteiger partial charge in [0.2, 0.25) is 5.91 Å². The lowest BCUT2D eigenvalue weighted by molar-refractivity contribution is -0.130. The van der Waals surface area contributed by atoms with Crippen LogP contribution in [0.5, 0.6) is 5.75 Å². The molecule has 0 aliphatic carbocycles. The van der Waals surface area contributed by atoms with Gasteiger partial charge < -0.3 is 15.0 Å². The van der Waals surface area contributed by atoms with E-state index in [1.54, 1.807) is 41.3 Å². The van der Waals surface area contributed by atoms with Gasteiger partial charge in [0, 0.05) is 17.0 Å². The van der Waals surface area contributed by atoms with Gasteiger partial charge in [-0.25, -0.2) is 0 Å². The van der Waals surface area contributed by atoms with Crippen LogP contribution in [0.25, 0.3) is 0 Å². The molecule has 138 valence electrons. The van der Waals surface area contributed by atoms with Gasteiger partial charge in [-0.2, -0.15) is 0 Å². The van der Waals surface area contributed by atoms with Gasteiger partial charge in [-0.1, -0.05) is 17.7 Å². The topological polar surface area (TPSA) is 58.6 Å². The van der Waals surface area contributed by atoms with E-state index in [0.717, 1.165) is 4.88 Å². The second kappa shape index (κ2) is 9.99. The molecule has 5 nitrogen and oxygen atoms in total. The number of carbonyl (C=O) groups is 2. The molecule has 1 heterocycles. The van der Waals surface area contributed by atoms with Gasteiger partial charge in [-0.15, -0.1) is 17.9 Å². The molecule has 0 saturated carbocycles. The summed E-state index contributed by atoms with van der Waals surface area (Å²) in [5.41, 5.74) is 0.474. The lowest BCUT2D eigenvalue weighted by atomic mass is 10.2. The van der Waals surface area contributed by atoms with Gasteiger partial charge in [0.05, 0.1) is 24.0 Å². The molecular formula is C19H21ClN2O3S. The molecule has 0 spiro atoms. The molecule has 2 aromatic rings. The molecule has 26 heavy (non-hydrogen) atoms. The number of halogens is 1. The standard InChI is InChI=1S/C19H21ClN2O3S/c1-3-11-22(13-16-9-10-17(20)26-16)18(23)12-21-19(24)14-5-7-15(8-6-14)25-4-2/h3,5-10H,1,4,11-13H2,2H3,(H,21,24). The molecule has 1 N–H and O–H groups in total. The van der Waals surface area contributed by atoms with Crippen molar-refractivity contribution in [2.75, 3.05) is 19.7 Å². The Labute approximate surface area is 162 Å². The summed E-state index contributed by atoms with van der Waals surface area (Å²) in [6.07, 6.45) is 1.65. The fraction of sp³-hybridized carbons (Fsp3) is 0.263. The highest BCUT2D eigenvalue weighted by atomic mass is 35.5. The van der Waals surface area contributed by atoms with Crippen molar-refractivity contribution in [2.24, 2.45) is 0 Å². The van der Waals surface area contributed by atoms with E-state index in [2.05, 4.69) is 11.9 Å². The zero-order valence-electron chi connectivity index (χ0n) is 14.5. The van der Waals surface area contributed by atoms with Crippen LogP contribution in [-0.4, -0.2) is 36.4 Å². The smallest absolute Gasteiger partial charge is 0.251 e. The summed E-state index contributed by atoms with van der Waals surface area (Å²) in [7, 11) is 0. The summed E-state index contributed by atoms with van der Waals surface area (Å²) in [5, 5.41) is 2.65. The van der Waals surface area contributed by atoms with E-state index in [0.29, 0.717) is 35.3 Å². The van der Waals surface area contributed by atoms with E-state index in [9.17, 15) is 9.59 Å². The van der Waals surface area contributed by atoms with Crippen molar-refractivity contribution in [1.82, 2.24) is 10.2 Å². The van der Waals surface area contributed by atoms with E-state index in [1.165, 1.54) is 11.3 Å². The Morgan fingerprint density at radius 3 is 2.58 bits per heavy atom. The molecule has 0 bridgehead atoms. The van der Waals surface area contributed by atoms with E-state index in [1.807, 2.05) is 13.0 Å². The van der Waals surface area contributed by atoms with Gasteiger partial charge in [0.25, 0.3) is 5.91 Å². The third kappa shape index (κ3) is 5.89. The first-order valence-corrected chi connectivity index (χ1v) is 9.37. The first-order valence-electron chi connectivity index (χ1n) is 8.17. The zero-order chi connectivity index (χ0) is 18.9. The van der Waals surface area contributed by atoms with Crippen LogP contribution in [-0.2, 0) is 11.3 Å². The maximum atomic E-state index is 12.4. The van der Waals surface area contributed by atoms with Crippen LogP contribution in [0.1, 0.15) is 22.2 Å². The van der Waals surface area contributed by atoms with E-state index < -0.39 is 0 Å². The molecule has 7 heteroatoms. The van der Waals surface area contributed by atoms with Crippen molar-refractivity contribution in [2.45, 2.75) is 13.5 Å². The highest BCUT2D eigenvalue weighted by Gasteiger charge is 2.15. The summed E-state index contributed by atoms with van der Waals surface area (Å²) >= 11 is 7.35. The highest BCUT2D eigenvalue weighted by Crippen LogP contribution is 2.22. The van der Waals surface area contributed by atoms with Crippen LogP contribution in [0.4, 0.5) is 0 Å². The number of thiophene rings is 1. The van der Waals surface area contributed by atoms with Gasteiger partial charge >= 0.3 is 0 Å². The predicted octanol–water partition coefficient (Wildman–Crippen LogP) is 3.74. The lowest BCUT2D eigenvalue weighted by Gasteiger charge is -2.20. The molecule has 0 aliphatic heterocycles. The molecule has 2 amide bonds. The molecule has 0 saturated heterocycles. The van der Waals surface area contributed by atoms with Gasteiger partial charge in [0.1, 0.15) is 5.75 Å². The highest BCUT2D eigenvalue weighted by molar-refractivity contribution is 7.16. The van der Waals surface area contributed by atoms with E-state index >= 15 is 0 Å². The van der Waals surface area contributed by atoms with Crippen LogP contribution >= 0.6 is 22.9 Å². The molecule has 0 fully saturated rings. The third-order valence-electron chi connectivity index (χ3n) is 3.51. The lowest BCUT2D eigenvalue weighted by Crippen LogP contribution is -2.39. The molecule has 2 rings (SSSR count). The number of ether oxygens (including phenoxy) is 1. The fourth-order valence-corrected chi connectivity index (χ4v) is 3.38. The van der Waals surface area contributed by atoms with Crippen LogP contribution in [0.15, 0.2) is 49.1 Å².